The van der Waals surface area contributed by atoms with Crippen LogP contribution in [0.3, 0.4) is 0 Å². The molecule has 0 bridgehead atoms. The Hall–Kier alpha value is -1.20. The molecule has 2 aliphatic heterocycles. The predicted octanol–water partition coefficient (Wildman–Crippen LogP) is 0.275. The molecule has 1 aromatic rings. The van der Waals surface area contributed by atoms with Gasteiger partial charge in [-0.25, -0.2) is 9.97 Å². The van der Waals surface area contributed by atoms with Crippen molar-refractivity contribution in [2.24, 2.45) is 11.3 Å². The van der Waals surface area contributed by atoms with Gasteiger partial charge in [0.05, 0.1) is 0 Å². The fraction of sp³-hybridized carbons (Fsp3) is 0.692. The monoisotopic (exact) mass is 248 g/mol. The topological polar surface area (TPSA) is 61.3 Å². The molecule has 0 aromatic carbocycles. The lowest BCUT2D eigenvalue weighted by Crippen LogP contribution is -2.43. The van der Waals surface area contributed by atoms with Gasteiger partial charge in [0.1, 0.15) is 12.1 Å². The van der Waals surface area contributed by atoms with Crippen LogP contribution in [0.25, 0.3) is 0 Å². The molecular formula is C13H20N4O. The van der Waals surface area contributed by atoms with Crippen LogP contribution in [-0.4, -0.2) is 47.9 Å². The molecule has 0 amide bonds. The van der Waals surface area contributed by atoms with E-state index in [1.165, 1.54) is 0 Å². The van der Waals surface area contributed by atoms with E-state index < -0.39 is 0 Å². The maximum Gasteiger partial charge on any atom is 0.131 e. The second-order valence-electron chi connectivity index (χ2n) is 5.44. The van der Waals surface area contributed by atoms with E-state index in [-0.39, 0.29) is 12.0 Å². The van der Waals surface area contributed by atoms with Gasteiger partial charge >= 0.3 is 0 Å². The highest BCUT2D eigenvalue weighted by Crippen LogP contribution is 2.43. The molecule has 2 N–H and O–H groups in total. The molecule has 1 spiro atoms. The third-order valence-electron chi connectivity index (χ3n) is 4.52. The number of rotatable bonds is 2. The summed E-state index contributed by atoms with van der Waals surface area (Å²) >= 11 is 0. The molecular weight excluding hydrogens is 228 g/mol. The molecule has 3 heterocycles. The van der Waals surface area contributed by atoms with Crippen LogP contribution >= 0.6 is 0 Å². The van der Waals surface area contributed by atoms with E-state index in [1.807, 2.05) is 6.07 Å². The van der Waals surface area contributed by atoms with Crippen molar-refractivity contribution in [2.45, 2.75) is 12.8 Å². The van der Waals surface area contributed by atoms with Gasteiger partial charge in [0, 0.05) is 31.8 Å². The lowest BCUT2D eigenvalue weighted by atomic mass is 9.71. The Kier molecular flexibility index (Phi) is 3.18. The molecule has 5 nitrogen and oxygen atoms in total. The Morgan fingerprint density at radius 3 is 2.94 bits per heavy atom. The Morgan fingerprint density at radius 1 is 1.44 bits per heavy atom. The van der Waals surface area contributed by atoms with Crippen molar-refractivity contribution >= 4 is 5.82 Å². The largest absolute Gasteiger partial charge is 0.396 e. The third kappa shape index (κ3) is 1.97. The van der Waals surface area contributed by atoms with Crippen LogP contribution in [0, 0.1) is 11.3 Å². The first-order chi connectivity index (χ1) is 8.84. The van der Waals surface area contributed by atoms with Gasteiger partial charge in [-0.15, -0.1) is 0 Å². The minimum Gasteiger partial charge on any atom is -0.396 e. The Morgan fingerprint density at radius 2 is 2.28 bits per heavy atom. The molecule has 18 heavy (non-hydrogen) atoms. The van der Waals surface area contributed by atoms with Gasteiger partial charge in [-0.05, 0) is 37.4 Å². The van der Waals surface area contributed by atoms with Gasteiger partial charge < -0.3 is 15.3 Å². The first kappa shape index (κ1) is 11.9. The summed E-state index contributed by atoms with van der Waals surface area (Å²) < 4.78 is 0. The molecule has 98 valence electrons. The van der Waals surface area contributed by atoms with Gasteiger partial charge in [0.25, 0.3) is 0 Å². The first-order valence-corrected chi connectivity index (χ1v) is 6.67. The number of aromatic nitrogens is 2. The zero-order chi connectivity index (χ0) is 12.4. The molecule has 1 atom stereocenters. The molecule has 0 saturated carbocycles. The molecule has 0 unspecified atom stereocenters. The van der Waals surface area contributed by atoms with Gasteiger partial charge in [0.2, 0.25) is 0 Å². The van der Waals surface area contributed by atoms with Crippen LogP contribution in [0.2, 0.25) is 0 Å². The second kappa shape index (κ2) is 4.82. The maximum absolute atomic E-state index is 9.67. The van der Waals surface area contributed by atoms with Crippen molar-refractivity contribution < 1.29 is 5.11 Å². The number of aliphatic hydroxyl groups is 1. The van der Waals surface area contributed by atoms with Gasteiger partial charge in [-0.1, -0.05) is 0 Å². The molecule has 3 rings (SSSR count). The molecule has 2 fully saturated rings. The fourth-order valence-corrected chi connectivity index (χ4v) is 3.42. The van der Waals surface area contributed by atoms with Crippen LogP contribution in [0.1, 0.15) is 12.8 Å². The van der Waals surface area contributed by atoms with Crippen molar-refractivity contribution in [3.05, 3.63) is 18.6 Å². The summed E-state index contributed by atoms with van der Waals surface area (Å²) in [5.41, 5.74) is 0.269. The molecule has 1 aromatic heterocycles. The lowest BCUT2D eigenvalue weighted by Gasteiger charge is -2.37. The zero-order valence-corrected chi connectivity index (χ0v) is 10.5. The quantitative estimate of drug-likeness (QED) is 0.787. The number of hydrogen-bond acceptors (Lipinski definition) is 5. The minimum atomic E-state index is 0.269. The SMILES string of the molecule is OC[C@H]1CN(c2ccncn2)CC12CCNCC2. The van der Waals surface area contributed by atoms with E-state index in [0.717, 1.165) is 44.8 Å². The van der Waals surface area contributed by atoms with Crippen molar-refractivity contribution in [3.8, 4) is 0 Å². The van der Waals surface area contributed by atoms with Crippen LogP contribution < -0.4 is 10.2 Å². The summed E-state index contributed by atoms with van der Waals surface area (Å²) in [6.07, 6.45) is 5.68. The molecule has 2 saturated heterocycles. The summed E-state index contributed by atoms with van der Waals surface area (Å²) in [5, 5.41) is 13.1. The number of hydrogen-bond donors (Lipinski definition) is 2. The standard InChI is InChI=1S/C13H20N4O/c18-8-11-7-17(12-1-4-15-10-16-12)9-13(11)2-5-14-6-3-13/h1,4,10-11,14,18H,2-3,5-9H2/t11-/m1/s1. The zero-order valence-electron chi connectivity index (χ0n) is 10.5. The summed E-state index contributed by atoms with van der Waals surface area (Å²) in [6, 6.07) is 1.95. The molecule has 0 aliphatic carbocycles. The van der Waals surface area contributed by atoms with E-state index >= 15 is 0 Å². The molecule has 2 aliphatic rings. The Labute approximate surface area is 107 Å². The first-order valence-electron chi connectivity index (χ1n) is 6.67. The van der Waals surface area contributed by atoms with Crippen molar-refractivity contribution in [1.29, 1.82) is 0 Å². The number of nitrogens with one attached hydrogen (secondary N) is 1. The number of piperidine rings is 1. The highest BCUT2D eigenvalue weighted by atomic mass is 16.3. The summed E-state index contributed by atoms with van der Waals surface area (Å²) in [6.45, 7) is 4.33. The van der Waals surface area contributed by atoms with E-state index in [4.69, 9.17) is 0 Å². The molecule has 5 heteroatoms. The minimum absolute atomic E-state index is 0.269. The Bertz CT molecular complexity index is 391. The van der Waals surface area contributed by atoms with Crippen LogP contribution in [0.5, 0.6) is 0 Å². The van der Waals surface area contributed by atoms with Crippen molar-refractivity contribution in [3.63, 3.8) is 0 Å². The van der Waals surface area contributed by atoms with E-state index in [0.29, 0.717) is 5.92 Å². The van der Waals surface area contributed by atoms with Gasteiger partial charge in [-0.3, -0.25) is 0 Å². The third-order valence-corrected chi connectivity index (χ3v) is 4.52. The number of aliphatic hydroxyl groups excluding tert-OH is 1. The fourth-order valence-electron chi connectivity index (χ4n) is 3.42. The number of nitrogens with zero attached hydrogens (tertiary/aromatic N) is 3. The summed E-state index contributed by atoms with van der Waals surface area (Å²) in [7, 11) is 0. The van der Waals surface area contributed by atoms with E-state index in [1.54, 1.807) is 12.5 Å². The van der Waals surface area contributed by atoms with Crippen molar-refractivity contribution in [2.75, 3.05) is 37.7 Å². The summed E-state index contributed by atoms with van der Waals surface area (Å²) in [4.78, 5) is 10.6. The highest BCUT2D eigenvalue weighted by molar-refractivity contribution is 5.39. The van der Waals surface area contributed by atoms with Crippen molar-refractivity contribution in [1.82, 2.24) is 15.3 Å². The second-order valence-corrected chi connectivity index (χ2v) is 5.44. The summed E-state index contributed by atoms with van der Waals surface area (Å²) in [5.74, 6) is 1.36. The number of anilines is 1. The van der Waals surface area contributed by atoms with E-state index in [2.05, 4.69) is 20.2 Å². The van der Waals surface area contributed by atoms with Crippen LogP contribution in [-0.2, 0) is 0 Å². The van der Waals surface area contributed by atoms with Gasteiger partial charge in [-0.2, -0.15) is 0 Å². The molecule has 0 radical (unpaired) electrons. The Balaban J connectivity index is 1.81. The van der Waals surface area contributed by atoms with Crippen LogP contribution in [0.15, 0.2) is 18.6 Å². The highest BCUT2D eigenvalue weighted by Gasteiger charge is 2.46. The van der Waals surface area contributed by atoms with Crippen LogP contribution in [0.4, 0.5) is 5.82 Å². The van der Waals surface area contributed by atoms with E-state index in [9.17, 15) is 5.11 Å². The smallest absolute Gasteiger partial charge is 0.131 e. The maximum atomic E-state index is 9.67. The average molecular weight is 248 g/mol. The lowest BCUT2D eigenvalue weighted by molar-refractivity contribution is 0.1000. The average Bonchev–Trinajstić information content (AvgIpc) is 2.79. The van der Waals surface area contributed by atoms with Gasteiger partial charge in [0.15, 0.2) is 0 Å². The normalized spacial score (nSPS) is 26.7. The predicted molar refractivity (Wildman–Crippen MR) is 69.4 cm³/mol.